The standard InChI is InChI=1S/C17H24N2O2/c1-13-12-21-10-9-19(13)17(20)18-16(15-7-8-15)11-14-5-3-2-4-6-14/h2-6,13,15-16H,7-12H2,1H3,(H,18,20)/t13-,16+/m0/s1. The zero-order chi connectivity index (χ0) is 14.7. The maximum atomic E-state index is 12.5. The van der Waals surface area contributed by atoms with Crippen molar-refractivity contribution in [1.82, 2.24) is 10.2 Å². The minimum atomic E-state index is 0.0682. The molecule has 1 aromatic rings. The number of hydrogen-bond donors (Lipinski definition) is 1. The number of hydrogen-bond acceptors (Lipinski definition) is 2. The lowest BCUT2D eigenvalue weighted by molar-refractivity contribution is 0.0182. The molecule has 1 aliphatic carbocycles. The van der Waals surface area contributed by atoms with Crippen LogP contribution in [0.15, 0.2) is 30.3 Å². The molecule has 3 rings (SSSR count). The lowest BCUT2D eigenvalue weighted by atomic mass is 10.0. The molecular weight excluding hydrogens is 264 g/mol. The number of nitrogens with zero attached hydrogens (tertiary/aromatic N) is 1. The monoisotopic (exact) mass is 288 g/mol. The number of rotatable bonds is 4. The van der Waals surface area contributed by atoms with Crippen LogP contribution in [0.4, 0.5) is 4.79 Å². The van der Waals surface area contributed by atoms with E-state index in [0.717, 1.165) is 6.42 Å². The Morgan fingerprint density at radius 1 is 1.38 bits per heavy atom. The number of amides is 2. The maximum absolute atomic E-state index is 12.5. The van der Waals surface area contributed by atoms with Crippen LogP contribution in [0, 0.1) is 5.92 Å². The highest BCUT2D eigenvalue weighted by molar-refractivity contribution is 5.75. The third-order valence-electron chi connectivity index (χ3n) is 4.43. The SMILES string of the molecule is C[C@H]1COCCN1C(=O)N[C@H](Cc1ccccc1)C1CC1. The first kappa shape index (κ1) is 14.4. The normalized spacial score (nSPS) is 23.7. The van der Waals surface area contributed by atoms with E-state index < -0.39 is 0 Å². The van der Waals surface area contributed by atoms with Crippen molar-refractivity contribution >= 4 is 6.03 Å². The van der Waals surface area contributed by atoms with Crippen molar-refractivity contribution in [1.29, 1.82) is 0 Å². The highest BCUT2D eigenvalue weighted by atomic mass is 16.5. The molecule has 1 saturated carbocycles. The predicted octanol–water partition coefficient (Wildman–Crippen LogP) is 2.44. The van der Waals surface area contributed by atoms with E-state index in [1.165, 1.54) is 18.4 Å². The van der Waals surface area contributed by atoms with Crippen LogP contribution in [0.2, 0.25) is 0 Å². The van der Waals surface area contributed by atoms with Crippen molar-refractivity contribution in [2.75, 3.05) is 19.8 Å². The number of carbonyl (C=O) groups is 1. The third kappa shape index (κ3) is 3.76. The van der Waals surface area contributed by atoms with E-state index in [2.05, 4.69) is 29.6 Å². The first-order valence-electron chi connectivity index (χ1n) is 7.93. The summed E-state index contributed by atoms with van der Waals surface area (Å²) < 4.78 is 5.40. The third-order valence-corrected chi connectivity index (χ3v) is 4.43. The van der Waals surface area contributed by atoms with Gasteiger partial charge in [0.2, 0.25) is 0 Å². The maximum Gasteiger partial charge on any atom is 0.318 e. The predicted molar refractivity (Wildman–Crippen MR) is 82.2 cm³/mol. The van der Waals surface area contributed by atoms with E-state index in [0.29, 0.717) is 25.7 Å². The van der Waals surface area contributed by atoms with Crippen molar-refractivity contribution in [2.24, 2.45) is 5.92 Å². The summed E-state index contributed by atoms with van der Waals surface area (Å²) >= 11 is 0. The minimum Gasteiger partial charge on any atom is -0.377 e. The van der Waals surface area contributed by atoms with Crippen molar-refractivity contribution in [3.05, 3.63) is 35.9 Å². The fraction of sp³-hybridized carbons (Fsp3) is 0.588. The molecule has 0 bridgehead atoms. The number of benzene rings is 1. The Morgan fingerprint density at radius 3 is 2.81 bits per heavy atom. The zero-order valence-corrected chi connectivity index (χ0v) is 12.6. The fourth-order valence-corrected chi connectivity index (χ4v) is 2.97. The Kier molecular flexibility index (Phi) is 4.44. The molecule has 1 N–H and O–H groups in total. The molecule has 4 heteroatoms. The number of ether oxygens (including phenoxy) is 1. The van der Waals surface area contributed by atoms with Gasteiger partial charge in [-0.25, -0.2) is 4.79 Å². The van der Waals surface area contributed by atoms with Gasteiger partial charge in [-0.3, -0.25) is 0 Å². The summed E-state index contributed by atoms with van der Waals surface area (Å²) in [7, 11) is 0. The van der Waals surface area contributed by atoms with Crippen LogP contribution in [0.25, 0.3) is 0 Å². The van der Waals surface area contributed by atoms with Gasteiger partial charge in [0.1, 0.15) is 0 Å². The van der Waals surface area contributed by atoms with Crippen molar-refractivity contribution < 1.29 is 9.53 Å². The molecule has 2 fully saturated rings. The van der Waals surface area contributed by atoms with E-state index in [9.17, 15) is 4.79 Å². The van der Waals surface area contributed by atoms with Gasteiger partial charge in [-0.1, -0.05) is 30.3 Å². The Hall–Kier alpha value is -1.55. The number of morpholine rings is 1. The van der Waals surface area contributed by atoms with Crippen LogP contribution in [-0.4, -0.2) is 42.8 Å². The Labute approximate surface area is 126 Å². The van der Waals surface area contributed by atoms with E-state index >= 15 is 0 Å². The lowest BCUT2D eigenvalue weighted by Crippen LogP contribution is -2.54. The number of carbonyl (C=O) groups excluding carboxylic acids is 1. The summed E-state index contributed by atoms with van der Waals surface area (Å²) in [4.78, 5) is 14.4. The summed E-state index contributed by atoms with van der Waals surface area (Å²) in [6.07, 6.45) is 3.39. The van der Waals surface area contributed by atoms with Gasteiger partial charge in [0, 0.05) is 12.6 Å². The second kappa shape index (κ2) is 6.48. The molecule has 2 atom stereocenters. The van der Waals surface area contributed by atoms with Gasteiger partial charge in [-0.05, 0) is 37.7 Å². The molecule has 1 aromatic carbocycles. The van der Waals surface area contributed by atoms with E-state index in [1.54, 1.807) is 0 Å². The lowest BCUT2D eigenvalue weighted by Gasteiger charge is -2.34. The smallest absolute Gasteiger partial charge is 0.318 e. The highest BCUT2D eigenvalue weighted by Gasteiger charge is 2.34. The van der Waals surface area contributed by atoms with Crippen molar-refractivity contribution in [3.8, 4) is 0 Å². The summed E-state index contributed by atoms with van der Waals surface area (Å²) in [6.45, 7) is 4.02. The largest absolute Gasteiger partial charge is 0.377 e. The molecule has 0 aromatic heterocycles. The van der Waals surface area contributed by atoms with Gasteiger partial charge < -0.3 is 15.0 Å². The number of urea groups is 1. The first-order valence-corrected chi connectivity index (χ1v) is 7.93. The molecule has 0 unspecified atom stereocenters. The second-order valence-electron chi connectivity index (χ2n) is 6.20. The van der Waals surface area contributed by atoms with Crippen LogP contribution in [0.5, 0.6) is 0 Å². The molecule has 1 aliphatic heterocycles. The zero-order valence-electron chi connectivity index (χ0n) is 12.6. The molecule has 2 amide bonds. The van der Waals surface area contributed by atoms with Gasteiger partial charge >= 0.3 is 6.03 Å². The van der Waals surface area contributed by atoms with E-state index in [4.69, 9.17) is 4.74 Å². The Balaban J connectivity index is 1.61. The van der Waals surface area contributed by atoms with Gasteiger partial charge in [0.15, 0.2) is 0 Å². The summed E-state index contributed by atoms with van der Waals surface area (Å²) in [6, 6.07) is 10.9. The molecule has 4 nitrogen and oxygen atoms in total. The van der Waals surface area contributed by atoms with Crippen LogP contribution in [-0.2, 0) is 11.2 Å². The average Bonchev–Trinajstić information content (AvgIpc) is 3.32. The van der Waals surface area contributed by atoms with Crippen LogP contribution >= 0.6 is 0 Å². The van der Waals surface area contributed by atoms with Gasteiger partial charge in [0.05, 0.1) is 19.3 Å². The molecule has 1 heterocycles. The molecular formula is C17H24N2O2. The highest BCUT2D eigenvalue weighted by Crippen LogP contribution is 2.34. The molecule has 1 saturated heterocycles. The van der Waals surface area contributed by atoms with Crippen molar-refractivity contribution in [2.45, 2.75) is 38.3 Å². The molecule has 0 radical (unpaired) electrons. The molecule has 0 spiro atoms. The minimum absolute atomic E-state index is 0.0682. The van der Waals surface area contributed by atoms with Gasteiger partial charge in [-0.15, -0.1) is 0 Å². The van der Waals surface area contributed by atoms with Gasteiger partial charge in [-0.2, -0.15) is 0 Å². The van der Waals surface area contributed by atoms with Crippen LogP contribution < -0.4 is 5.32 Å². The summed E-state index contributed by atoms with van der Waals surface area (Å²) in [5.41, 5.74) is 1.30. The Bertz CT molecular complexity index is 473. The molecule has 2 aliphatic rings. The van der Waals surface area contributed by atoms with Gasteiger partial charge in [0.25, 0.3) is 0 Å². The average molecular weight is 288 g/mol. The summed E-state index contributed by atoms with van der Waals surface area (Å²) in [5.74, 6) is 0.644. The number of nitrogens with one attached hydrogen (secondary N) is 1. The first-order chi connectivity index (χ1) is 10.2. The summed E-state index contributed by atoms with van der Waals surface area (Å²) in [5, 5.41) is 3.26. The van der Waals surface area contributed by atoms with Crippen LogP contribution in [0.1, 0.15) is 25.3 Å². The topological polar surface area (TPSA) is 41.6 Å². The van der Waals surface area contributed by atoms with E-state index in [1.807, 2.05) is 17.9 Å². The second-order valence-corrected chi connectivity index (χ2v) is 6.20. The fourth-order valence-electron chi connectivity index (χ4n) is 2.97. The molecule has 114 valence electrons. The van der Waals surface area contributed by atoms with Crippen molar-refractivity contribution in [3.63, 3.8) is 0 Å². The molecule has 21 heavy (non-hydrogen) atoms. The van der Waals surface area contributed by atoms with Crippen LogP contribution in [0.3, 0.4) is 0 Å². The quantitative estimate of drug-likeness (QED) is 0.924. The Morgan fingerprint density at radius 2 is 2.14 bits per heavy atom. The van der Waals surface area contributed by atoms with E-state index in [-0.39, 0.29) is 18.1 Å².